The molecule has 0 radical (unpaired) electrons. The fourth-order valence-electron chi connectivity index (χ4n) is 2.23. The molecule has 2 rings (SSSR count). The van der Waals surface area contributed by atoms with Crippen molar-refractivity contribution in [3.05, 3.63) is 27.8 Å². The number of hydrogen-bond acceptors (Lipinski definition) is 3. The van der Waals surface area contributed by atoms with Gasteiger partial charge in [-0.1, -0.05) is 18.6 Å². The molecule has 1 aromatic carbocycles. The molecular formula is C13H19IN2O2S. The Balaban J connectivity index is 1.90. The Labute approximate surface area is 128 Å². The number of benzene rings is 1. The second-order valence-electron chi connectivity index (χ2n) is 4.84. The van der Waals surface area contributed by atoms with Crippen molar-refractivity contribution in [1.82, 2.24) is 5.32 Å². The fraction of sp³-hybridized carbons (Fsp3) is 0.538. The summed E-state index contributed by atoms with van der Waals surface area (Å²) in [6.07, 6.45) is 4.16. The molecule has 1 atom stereocenters. The molecule has 1 unspecified atom stereocenters. The monoisotopic (exact) mass is 394 g/mol. The van der Waals surface area contributed by atoms with Crippen molar-refractivity contribution in [2.45, 2.75) is 31.7 Å². The van der Waals surface area contributed by atoms with E-state index in [1.54, 1.807) is 6.07 Å². The molecule has 1 heterocycles. The van der Waals surface area contributed by atoms with Gasteiger partial charge >= 0.3 is 0 Å². The van der Waals surface area contributed by atoms with Gasteiger partial charge in [0.05, 0.1) is 11.4 Å². The highest BCUT2D eigenvalue weighted by Gasteiger charge is 2.17. The fourth-order valence-corrected chi connectivity index (χ4v) is 4.15. The van der Waals surface area contributed by atoms with E-state index in [-0.39, 0.29) is 5.75 Å². The quantitative estimate of drug-likeness (QED) is 0.755. The molecule has 6 heteroatoms. The summed E-state index contributed by atoms with van der Waals surface area (Å²) in [6, 6.07) is 7.76. The number of halogens is 1. The third kappa shape index (κ3) is 4.92. The van der Waals surface area contributed by atoms with Crippen LogP contribution in [0.5, 0.6) is 0 Å². The van der Waals surface area contributed by atoms with Gasteiger partial charge in [-0.3, -0.25) is 4.72 Å². The van der Waals surface area contributed by atoms with Crippen molar-refractivity contribution < 1.29 is 8.42 Å². The number of hydrogen-bond donors (Lipinski definition) is 2. The highest BCUT2D eigenvalue weighted by molar-refractivity contribution is 14.1. The summed E-state index contributed by atoms with van der Waals surface area (Å²) in [5, 5.41) is 3.37. The van der Waals surface area contributed by atoms with Gasteiger partial charge in [0.25, 0.3) is 0 Å². The van der Waals surface area contributed by atoms with E-state index in [1.165, 1.54) is 12.8 Å². The van der Waals surface area contributed by atoms with Crippen LogP contribution in [0, 0.1) is 3.57 Å². The first kappa shape index (κ1) is 15.1. The number of para-hydroxylation sites is 1. The van der Waals surface area contributed by atoms with E-state index < -0.39 is 10.0 Å². The van der Waals surface area contributed by atoms with Crippen LogP contribution in [-0.2, 0) is 10.0 Å². The van der Waals surface area contributed by atoms with Gasteiger partial charge in [0.1, 0.15) is 0 Å². The van der Waals surface area contributed by atoms with Gasteiger partial charge in [0.15, 0.2) is 0 Å². The molecule has 0 saturated carbocycles. The Kier molecular flexibility index (Phi) is 5.47. The molecule has 0 aromatic heterocycles. The SMILES string of the molecule is O=S(=O)(CCC1CCCCN1)Nc1ccccc1I. The van der Waals surface area contributed by atoms with Crippen LogP contribution >= 0.6 is 22.6 Å². The summed E-state index contributed by atoms with van der Waals surface area (Å²) >= 11 is 2.13. The average molecular weight is 394 g/mol. The standard InChI is InChI=1S/C13H19IN2O2S/c14-12-6-1-2-7-13(12)16-19(17,18)10-8-11-5-3-4-9-15-11/h1-2,6-7,11,15-16H,3-5,8-10H2. The third-order valence-electron chi connectivity index (χ3n) is 3.29. The molecular weight excluding hydrogens is 375 g/mol. The van der Waals surface area contributed by atoms with Gasteiger partial charge in [0.2, 0.25) is 10.0 Å². The number of rotatable bonds is 5. The lowest BCUT2D eigenvalue weighted by Gasteiger charge is -2.23. The highest BCUT2D eigenvalue weighted by Crippen LogP contribution is 2.19. The molecule has 1 fully saturated rings. The summed E-state index contributed by atoms with van der Waals surface area (Å²) < 4.78 is 27.7. The molecule has 4 nitrogen and oxygen atoms in total. The van der Waals surface area contributed by atoms with E-state index in [9.17, 15) is 8.42 Å². The average Bonchev–Trinajstić information content (AvgIpc) is 2.40. The maximum atomic E-state index is 12.1. The van der Waals surface area contributed by atoms with E-state index in [0.29, 0.717) is 18.2 Å². The first-order valence-corrected chi connectivity index (χ1v) is 9.28. The van der Waals surface area contributed by atoms with Gasteiger partial charge in [-0.05, 0) is 60.5 Å². The number of nitrogens with one attached hydrogen (secondary N) is 2. The van der Waals surface area contributed by atoms with E-state index in [1.807, 2.05) is 18.2 Å². The molecule has 1 aliphatic heterocycles. The van der Waals surface area contributed by atoms with Crippen LogP contribution in [0.4, 0.5) is 5.69 Å². The van der Waals surface area contributed by atoms with Gasteiger partial charge in [-0.2, -0.15) is 0 Å². The highest BCUT2D eigenvalue weighted by atomic mass is 127. The molecule has 19 heavy (non-hydrogen) atoms. The molecule has 1 aliphatic rings. The van der Waals surface area contributed by atoms with Crippen molar-refractivity contribution in [3.8, 4) is 0 Å². The van der Waals surface area contributed by atoms with Crippen LogP contribution in [0.15, 0.2) is 24.3 Å². The molecule has 0 bridgehead atoms. The molecule has 106 valence electrons. The van der Waals surface area contributed by atoms with Gasteiger partial charge in [-0.15, -0.1) is 0 Å². The zero-order chi connectivity index (χ0) is 13.7. The zero-order valence-electron chi connectivity index (χ0n) is 10.7. The van der Waals surface area contributed by atoms with E-state index >= 15 is 0 Å². The van der Waals surface area contributed by atoms with Crippen LogP contribution in [0.3, 0.4) is 0 Å². The number of sulfonamides is 1. The summed E-state index contributed by atoms with van der Waals surface area (Å²) in [4.78, 5) is 0. The Hall–Kier alpha value is -0.340. The van der Waals surface area contributed by atoms with Crippen molar-refractivity contribution in [2.75, 3.05) is 17.0 Å². The summed E-state index contributed by atoms with van der Waals surface area (Å²) in [5.74, 6) is 0.176. The summed E-state index contributed by atoms with van der Waals surface area (Å²) in [7, 11) is -3.25. The topological polar surface area (TPSA) is 58.2 Å². The second-order valence-corrected chi connectivity index (χ2v) is 7.84. The first-order chi connectivity index (χ1) is 9.07. The van der Waals surface area contributed by atoms with Crippen molar-refractivity contribution >= 4 is 38.3 Å². The lowest BCUT2D eigenvalue weighted by atomic mass is 10.0. The minimum absolute atomic E-state index is 0.176. The van der Waals surface area contributed by atoms with Gasteiger partial charge in [-0.25, -0.2) is 8.42 Å². The van der Waals surface area contributed by atoms with Crippen molar-refractivity contribution in [1.29, 1.82) is 0 Å². The Morgan fingerprint density at radius 1 is 1.32 bits per heavy atom. The smallest absolute Gasteiger partial charge is 0.232 e. The zero-order valence-corrected chi connectivity index (χ0v) is 13.7. The number of anilines is 1. The Bertz CT molecular complexity index is 513. The Morgan fingerprint density at radius 3 is 2.79 bits per heavy atom. The predicted molar refractivity (Wildman–Crippen MR) is 86.8 cm³/mol. The van der Waals surface area contributed by atoms with E-state index in [4.69, 9.17) is 0 Å². The summed E-state index contributed by atoms with van der Waals surface area (Å²) in [5.41, 5.74) is 0.666. The molecule has 2 N–H and O–H groups in total. The van der Waals surface area contributed by atoms with Gasteiger partial charge < -0.3 is 5.32 Å². The lowest BCUT2D eigenvalue weighted by Crippen LogP contribution is -2.36. The minimum Gasteiger partial charge on any atom is -0.314 e. The largest absolute Gasteiger partial charge is 0.314 e. The maximum absolute atomic E-state index is 12.1. The molecule has 1 saturated heterocycles. The molecule has 0 aliphatic carbocycles. The van der Waals surface area contributed by atoms with Crippen LogP contribution in [0.1, 0.15) is 25.7 Å². The first-order valence-electron chi connectivity index (χ1n) is 6.55. The third-order valence-corrected chi connectivity index (χ3v) is 5.53. The van der Waals surface area contributed by atoms with Crippen LogP contribution in [0.2, 0.25) is 0 Å². The maximum Gasteiger partial charge on any atom is 0.232 e. The van der Waals surface area contributed by atoms with Crippen LogP contribution in [0.25, 0.3) is 0 Å². The predicted octanol–water partition coefficient (Wildman–Crippen LogP) is 2.57. The van der Waals surface area contributed by atoms with Crippen LogP contribution in [-0.4, -0.2) is 26.8 Å². The number of piperidine rings is 1. The molecule has 1 aromatic rings. The summed E-state index contributed by atoms with van der Waals surface area (Å²) in [6.45, 7) is 1.01. The lowest BCUT2D eigenvalue weighted by molar-refractivity contribution is 0.393. The second kappa shape index (κ2) is 6.90. The minimum atomic E-state index is -3.25. The van der Waals surface area contributed by atoms with Gasteiger partial charge in [0, 0.05) is 9.61 Å². The van der Waals surface area contributed by atoms with Crippen molar-refractivity contribution in [2.24, 2.45) is 0 Å². The van der Waals surface area contributed by atoms with E-state index in [2.05, 4.69) is 32.6 Å². The van der Waals surface area contributed by atoms with Crippen molar-refractivity contribution in [3.63, 3.8) is 0 Å². The normalized spacial score (nSPS) is 20.2. The Morgan fingerprint density at radius 2 is 2.11 bits per heavy atom. The molecule has 0 amide bonds. The van der Waals surface area contributed by atoms with E-state index in [0.717, 1.165) is 16.5 Å². The molecule has 0 spiro atoms. The van der Waals surface area contributed by atoms with Crippen LogP contribution < -0.4 is 10.0 Å².